The molecule has 2 amide bonds. The number of nitrogens with one attached hydrogen (secondary N) is 2. The largest absolute Gasteiger partial charge is 0.292 e. The van der Waals surface area contributed by atoms with Crippen molar-refractivity contribution >= 4 is 11.8 Å². The van der Waals surface area contributed by atoms with Crippen LogP contribution in [-0.2, 0) is 4.79 Å². The van der Waals surface area contributed by atoms with Crippen LogP contribution in [0, 0.1) is 26.7 Å². The molecule has 1 aromatic heterocycles. The number of aryl methyl sites for hydroxylation is 3. The molecule has 0 aliphatic heterocycles. The van der Waals surface area contributed by atoms with E-state index in [-0.39, 0.29) is 17.5 Å². The quantitative estimate of drug-likeness (QED) is 0.838. The maximum atomic E-state index is 12.2. The Morgan fingerprint density at radius 2 is 1.87 bits per heavy atom. The van der Waals surface area contributed by atoms with E-state index < -0.39 is 5.91 Å². The molecule has 0 spiro atoms. The highest BCUT2D eigenvalue weighted by atomic mass is 16.2. The van der Waals surface area contributed by atoms with Crippen molar-refractivity contribution in [2.24, 2.45) is 5.92 Å². The summed E-state index contributed by atoms with van der Waals surface area (Å²) < 4.78 is 0. The third-order valence-corrected chi connectivity index (χ3v) is 3.81. The van der Waals surface area contributed by atoms with Crippen LogP contribution in [-0.4, -0.2) is 26.8 Å². The summed E-state index contributed by atoms with van der Waals surface area (Å²) >= 11 is 0. The minimum atomic E-state index is -0.465. The summed E-state index contributed by atoms with van der Waals surface area (Å²) in [6, 6.07) is 5.92. The molecule has 1 aliphatic carbocycles. The van der Waals surface area contributed by atoms with Gasteiger partial charge in [0.1, 0.15) is 0 Å². The van der Waals surface area contributed by atoms with Crippen LogP contribution >= 0.6 is 0 Å². The normalized spacial score (nSPS) is 13.7. The minimum Gasteiger partial charge on any atom is -0.273 e. The van der Waals surface area contributed by atoms with Crippen molar-refractivity contribution in [3.8, 4) is 5.69 Å². The molecule has 0 radical (unpaired) electrons. The van der Waals surface area contributed by atoms with Crippen LogP contribution in [0.25, 0.3) is 5.69 Å². The lowest BCUT2D eigenvalue weighted by Gasteiger charge is -2.05. The number of rotatable bonds is 3. The van der Waals surface area contributed by atoms with Crippen molar-refractivity contribution in [2.45, 2.75) is 33.6 Å². The number of carbonyl (C=O) groups excluding carboxylic acids is 2. The van der Waals surface area contributed by atoms with Crippen molar-refractivity contribution in [1.29, 1.82) is 0 Å². The summed E-state index contributed by atoms with van der Waals surface area (Å²) in [4.78, 5) is 25.2. The predicted octanol–water partition coefficient (Wildman–Crippen LogP) is 1.36. The molecule has 0 bridgehead atoms. The fourth-order valence-corrected chi connectivity index (χ4v) is 2.35. The zero-order valence-corrected chi connectivity index (χ0v) is 13.4. The highest BCUT2D eigenvalue weighted by molar-refractivity contribution is 5.94. The van der Waals surface area contributed by atoms with Gasteiger partial charge in [0, 0.05) is 5.92 Å². The number of hydrogen-bond acceptors (Lipinski definition) is 4. The molecule has 0 atom stereocenters. The summed E-state index contributed by atoms with van der Waals surface area (Å²) in [7, 11) is 0. The van der Waals surface area contributed by atoms with E-state index in [1.165, 1.54) is 4.80 Å². The van der Waals surface area contributed by atoms with E-state index in [2.05, 4.69) is 21.0 Å². The van der Waals surface area contributed by atoms with Gasteiger partial charge in [-0.15, -0.1) is 5.10 Å². The van der Waals surface area contributed by atoms with E-state index in [1.54, 1.807) is 6.92 Å². The number of nitrogens with zero attached hydrogens (tertiary/aromatic N) is 3. The average Bonchev–Trinajstić information content (AvgIpc) is 3.28. The van der Waals surface area contributed by atoms with Crippen molar-refractivity contribution in [3.63, 3.8) is 0 Å². The Hall–Kier alpha value is -2.70. The minimum absolute atomic E-state index is 0.0299. The molecule has 1 aliphatic rings. The monoisotopic (exact) mass is 313 g/mol. The lowest BCUT2D eigenvalue weighted by molar-refractivity contribution is -0.123. The van der Waals surface area contributed by atoms with Crippen molar-refractivity contribution in [3.05, 3.63) is 40.7 Å². The Kier molecular flexibility index (Phi) is 3.85. The summed E-state index contributed by atoms with van der Waals surface area (Å²) in [5, 5.41) is 8.55. The molecule has 7 nitrogen and oxygen atoms in total. The molecule has 1 aromatic carbocycles. The number of carbonyl (C=O) groups is 2. The van der Waals surface area contributed by atoms with Crippen LogP contribution < -0.4 is 10.9 Å². The van der Waals surface area contributed by atoms with Gasteiger partial charge in [0.15, 0.2) is 5.69 Å². The average molecular weight is 313 g/mol. The van der Waals surface area contributed by atoms with E-state index >= 15 is 0 Å². The first-order chi connectivity index (χ1) is 11.0. The van der Waals surface area contributed by atoms with Crippen LogP contribution in [0.5, 0.6) is 0 Å². The third kappa shape index (κ3) is 3.23. The highest BCUT2D eigenvalue weighted by Gasteiger charge is 2.30. The lowest BCUT2D eigenvalue weighted by atomic mass is 10.1. The van der Waals surface area contributed by atoms with E-state index in [0.29, 0.717) is 5.69 Å². The molecule has 3 rings (SSSR count). The molecule has 120 valence electrons. The van der Waals surface area contributed by atoms with Gasteiger partial charge >= 0.3 is 0 Å². The maximum Gasteiger partial charge on any atom is 0.292 e. The number of hydrazine groups is 1. The van der Waals surface area contributed by atoms with Gasteiger partial charge < -0.3 is 0 Å². The maximum absolute atomic E-state index is 12.2. The standard InChI is InChI=1S/C16H19N5O2/c1-9-4-7-13(10(2)8-9)21-19-11(3)14(20-21)16(23)18-17-15(22)12-5-6-12/h4,7-8,12H,5-6H2,1-3H3,(H,17,22)(H,18,23). The zero-order valence-electron chi connectivity index (χ0n) is 13.4. The SMILES string of the molecule is Cc1ccc(-n2nc(C)c(C(=O)NNC(=O)C3CC3)n2)c(C)c1. The van der Waals surface area contributed by atoms with E-state index in [9.17, 15) is 9.59 Å². The molecular weight excluding hydrogens is 294 g/mol. The van der Waals surface area contributed by atoms with Gasteiger partial charge in [0.05, 0.1) is 11.4 Å². The topological polar surface area (TPSA) is 88.9 Å². The summed E-state index contributed by atoms with van der Waals surface area (Å²) in [6.07, 6.45) is 1.76. The van der Waals surface area contributed by atoms with Gasteiger partial charge in [-0.2, -0.15) is 9.90 Å². The van der Waals surface area contributed by atoms with Gasteiger partial charge in [-0.3, -0.25) is 20.4 Å². The molecular formula is C16H19N5O2. The Labute approximate surface area is 134 Å². The van der Waals surface area contributed by atoms with Crippen molar-refractivity contribution < 1.29 is 9.59 Å². The molecule has 2 N–H and O–H groups in total. The Balaban J connectivity index is 1.77. The second-order valence-electron chi connectivity index (χ2n) is 5.93. The number of aromatic nitrogens is 3. The fourth-order valence-electron chi connectivity index (χ4n) is 2.35. The summed E-state index contributed by atoms with van der Waals surface area (Å²) in [5.41, 5.74) is 8.51. The van der Waals surface area contributed by atoms with Crippen molar-refractivity contribution in [1.82, 2.24) is 25.8 Å². The first-order valence-corrected chi connectivity index (χ1v) is 7.57. The first-order valence-electron chi connectivity index (χ1n) is 7.57. The molecule has 0 saturated heterocycles. The smallest absolute Gasteiger partial charge is 0.273 e. The Bertz CT molecular complexity index is 777. The van der Waals surface area contributed by atoms with Crippen LogP contribution in [0.4, 0.5) is 0 Å². The van der Waals surface area contributed by atoms with Gasteiger partial charge in [-0.05, 0) is 45.2 Å². The van der Waals surface area contributed by atoms with Gasteiger partial charge in [-0.25, -0.2) is 0 Å². The summed E-state index contributed by atoms with van der Waals surface area (Å²) in [5.74, 6) is -0.590. The van der Waals surface area contributed by atoms with Crippen LogP contribution in [0.2, 0.25) is 0 Å². The second-order valence-corrected chi connectivity index (χ2v) is 5.93. The molecule has 1 heterocycles. The van der Waals surface area contributed by atoms with Gasteiger partial charge in [0.2, 0.25) is 5.91 Å². The molecule has 0 unspecified atom stereocenters. The molecule has 2 aromatic rings. The van der Waals surface area contributed by atoms with E-state index in [1.807, 2.05) is 32.0 Å². The van der Waals surface area contributed by atoms with Crippen molar-refractivity contribution in [2.75, 3.05) is 0 Å². The van der Waals surface area contributed by atoms with Crippen LogP contribution in [0.1, 0.15) is 40.2 Å². The van der Waals surface area contributed by atoms with E-state index in [4.69, 9.17) is 0 Å². The highest BCUT2D eigenvalue weighted by Crippen LogP contribution is 2.28. The summed E-state index contributed by atoms with van der Waals surface area (Å²) in [6.45, 7) is 5.70. The molecule has 1 saturated carbocycles. The lowest BCUT2D eigenvalue weighted by Crippen LogP contribution is -2.42. The predicted molar refractivity (Wildman–Crippen MR) is 83.9 cm³/mol. The third-order valence-electron chi connectivity index (χ3n) is 3.81. The van der Waals surface area contributed by atoms with Crippen LogP contribution in [0.15, 0.2) is 18.2 Å². The zero-order chi connectivity index (χ0) is 16.6. The molecule has 1 fully saturated rings. The van der Waals surface area contributed by atoms with Gasteiger partial charge in [0.25, 0.3) is 5.91 Å². The number of hydrogen-bond donors (Lipinski definition) is 2. The van der Waals surface area contributed by atoms with E-state index in [0.717, 1.165) is 29.7 Å². The van der Waals surface area contributed by atoms with Gasteiger partial charge in [-0.1, -0.05) is 17.7 Å². The Morgan fingerprint density at radius 3 is 2.52 bits per heavy atom. The van der Waals surface area contributed by atoms with Crippen LogP contribution in [0.3, 0.4) is 0 Å². The first kappa shape index (κ1) is 15.2. The molecule has 23 heavy (non-hydrogen) atoms. The number of amides is 2. The molecule has 7 heteroatoms. The second kappa shape index (κ2) is 5.83. The fraction of sp³-hybridized carbons (Fsp3) is 0.375. The Morgan fingerprint density at radius 1 is 1.13 bits per heavy atom. The number of benzene rings is 1.